The molecule has 0 atom stereocenters. The molecule has 1 aromatic carbocycles. The van der Waals surface area contributed by atoms with E-state index in [4.69, 9.17) is 9.84 Å². The zero-order valence-corrected chi connectivity index (χ0v) is 10.3. The number of aromatic amines is 1. The van der Waals surface area contributed by atoms with Gasteiger partial charge < -0.3 is 14.8 Å². The van der Waals surface area contributed by atoms with Crippen LogP contribution in [-0.2, 0) is 11.2 Å². The number of aromatic nitrogens is 4. The van der Waals surface area contributed by atoms with Gasteiger partial charge in [0.2, 0.25) is 5.88 Å². The number of H-pyrrole nitrogens is 1. The van der Waals surface area contributed by atoms with Crippen molar-refractivity contribution in [3.05, 3.63) is 42.5 Å². The van der Waals surface area contributed by atoms with Crippen LogP contribution in [0.25, 0.3) is 11.2 Å². The lowest BCUT2D eigenvalue weighted by Crippen LogP contribution is -1.99. The van der Waals surface area contributed by atoms with Gasteiger partial charge in [-0.2, -0.15) is 4.98 Å². The zero-order chi connectivity index (χ0) is 13.9. The highest BCUT2D eigenvalue weighted by atomic mass is 16.5. The second-order valence-electron chi connectivity index (χ2n) is 4.10. The van der Waals surface area contributed by atoms with Gasteiger partial charge in [-0.25, -0.2) is 9.97 Å². The van der Waals surface area contributed by atoms with E-state index >= 15 is 0 Å². The van der Waals surface area contributed by atoms with Crippen molar-refractivity contribution in [1.29, 1.82) is 0 Å². The summed E-state index contributed by atoms with van der Waals surface area (Å²) in [6, 6.07) is 6.80. The van der Waals surface area contributed by atoms with Crippen molar-refractivity contribution >= 4 is 17.1 Å². The molecule has 2 heterocycles. The Bertz CT molecular complexity index is 752. The lowest BCUT2D eigenvalue weighted by atomic mass is 10.1. The van der Waals surface area contributed by atoms with E-state index in [1.807, 2.05) is 0 Å². The van der Waals surface area contributed by atoms with Crippen molar-refractivity contribution < 1.29 is 14.6 Å². The molecule has 100 valence electrons. The van der Waals surface area contributed by atoms with Crippen molar-refractivity contribution in [2.75, 3.05) is 0 Å². The minimum atomic E-state index is -0.867. The number of ether oxygens (including phenoxy) is 1. The van der Waals surface area contributed by atoms with Gasteiger partial charge in [0.15, 0.2) is 5.65 Å². The second kappa shape index (κ2) is 4.96. The largest absolute Gasteiger partial charge is 0.481 e. The molecule has 0 unspecified atom stereocenters. The van der Waals surface area contributed by atoms with Crippen molar-refractivity contribution in [1.82, 2.24) is 19.9 Å². The Labute approximate surface area is 113 Å². The van der Waals surface area contributed by atoms with Crippen LogP contribution in [0.15, 0.2) is 36.9 Å². The van der Waals surface area contributed by atoms with Crippen LogP contribution in [-0.4, -0.2) is 31.0 Å². The van der Waals surface area contributed by atoms with Crippen molar-refractivity contribution in [3.63, 3.8) is 0 Å². The first-order valence-electron chi connectivity index (χ1n) is 5.85. The molecule has 0 bridgehead atoms. The lowest BCUT2D eigenvalue weighted by molar-refractivity contribution is -0.136. The number of nitrogens with zero attached hydrogens (tertiary/aromatic N) is 3. The Morgan fingerprint density at radius 2 is 2.00 bits per heavy atom. The zero-order valence-electron chi connectivity index (χ0n) is 10.3. The van der Waals surface area contributed by atoms with Gasteiger partial charge in [-0.15, -0.1) is 0 Å². The van der Waals surface area contributed by atoms with Crippen LogP contribution in [0, 0.1) is 0 Å². The average molecular weight is 270 g/mol. The van der Waals surface area contributed by atoms with E-state index in [0.29, 0.717) is 28.4 Å². The number of nitrogens with one attached hydrogen (secondary N) is 1. The molecule has 20 heavy (non-hydrogen) atoms. The van der Waals surface area contributed by atoms with Crippen molar-refractivity contribution in [2.24, 2.45) is 0 Å². The third-order valence-electron chi connectivity index (χ3n) is 2.68. The summed E-state index contributed by atoms with van der Waals surface area (Å²) in [6.07, 6.45) is 2.87. The van der Waals surface area contributed by atoms with Crippen LogP contribution >= 0.6 is 0 Å². The van der Waals surface area contributed by atoms with Crippen LogP contribution in [0.2, 0.25) is 0 Å². The minimum Gasteiger partial charge on any atom is -0.481 e. The molecule has 2 N–H and O–H groups in total. The molecule has 0 aliphatic rings. The second-order valence-corrected chi connectivity index (χ2v) is 4.10. The highest BCUT2D eigenvalue weighted by Crippen LogP contribution is 2.24. The fourth-order valence-corrected chi connectivity index (χ4v) is 1.78. The summed E-state index contributed by atoms with van der Waals surface area (Å²) in [5, 5.41) is 8.71. The number of carbonyl (C=O) groups is 1. The summed E-state index contributed by atoms with van der Waals surface area (Å²) in [6.45, 7) is 0. The van der Waals surface area contributed by atoms with E-state index in [1.165, 1.54) is 12.7 Å². The quantitative estimate of drug-likeness (QED) is 0.749. The maximum atomic E-state index is 10.6. The van der Waals surface area contributed by atoms with Gasteiger partial charge in [-0.05, 0) is 17.7 Å². The first kappa shape index (κ1) is 12.1. The summed E-state index contributed by atoms with van der Waals surface area (Å²) >= 11 is 0. The van der Waals surface area contributed by atoms with Gasteiger partial charge in [-0.1, -0.05) is 12.1 Å². The number of fused-ring (bicyclic) bond motifs is 1. The normalized spacial score (nSPS) is 10.6. The molecule has 7 nitrogen and oxygen atoms in total. The highest BCUT2D eigenvalue weighted by Gasteiger charge is 2.08. The molecule has 0 radical (unpaired) electrons. The molecule has 3 rings (SSSR count). The molecular formula is C13H10N4O3. The Morgan fingerprint density at radius 3 is 2.75 bits per heavy atom. The Morgan fingerprint density at radius 1 is 1.20 bits per heavy atom. The molecule has 0 fully saturated rings. The first-order chi connectivity index (χ1) is 9.72. The Hall–Kier alpha value is -2.96. The van der Waals surface area contributed by atoms with Crippen LogP contribution in [0.3, 0.4) is 0 Å². The summed E-state index contributed by atoms with van der Waals surface area (Å²) in [5.41, 5.74) is 1.85. The van der Waals surface area contributed by atoms with E-state index in [1.54, 1.807) is 24.3 Å². The maximum absolute atomic E-state index is 10.6. The third-order valence-corrected chi connectivity index (χ3v) is 2.68. The fraction of sp³-hybridized carbons (Fsp3) is 0.0769. The molecule has 0 amide bonds. The number of benzene rings is 1. The third kappa shape index (κ3) is 2.41. The van der Waals surface area contributed by atoms with E-state index in [2.05, 4.69) is 19.9 Å². The molecule has 2 aromatic heterocycles. The molecule has 0 saturated heterocycles. The van der Waals surface area contributed by atoms with Crippen LogP contribution in [0.4, 0.5) is 0 Å². The molecule has 0 saturated carbocycles. The predicted octanol–water partition coefficient (Wildman–Crippen LogP) is 1.77. The lowest BCUT2D eigenvalue weighted by Gasteiger charge is -2.05. The van der Waals surface area contributed by atoms with Gasteiger partial charge in [0, 0.05) is 0 Å². The number of aliphatic carboxylic acids is 1. The molecule has 0 aliphatic carbocycles. The fourth-order valence-electron chi connectivity index (χ4n) is 1.78. The molecule has 0 spiro atoms. The van der Waals surface area contributed by atoms with Gasteiger partial charge in [0.05, 0.1) is 12.7 Å². The number of carboxylic acids is 1. The highest BCUT2D eigenvalue weighted by molar-refractivity contribution is 5.75. The number of hydrogen-bond donors (Lipinski definition) is 2. The van der Waals surface area contributed by atoms with Crippen LogP contribution in [0.5, 0.6) is 11.6 Å². The van der Waals surface area contributed by atoms with E-state index in [0.717, 1.165) is 0 Å². The Kier molecular flexibility index (Phi) is 3.00. The minimum absolute atomic E-state index is 0.0153. The first-order valence-corrected chi connectivity index (χ1v) is 5.85. The SMILES string of the molecule is O=C(O)Cc1ccc(Oc2ncnc3nc[nH]c23)cc1. The van der Waals surface area contributed by atoms with Gasteiger partial charge in [0.1, 0.15) is 17.6 Å². The number of imidazole rings is 1. The number of hydrogen-bond acceptors (Lipinski definition) is 5. The van der Waals surface area contributed by atoms with Crippen LogP contribution < -0.4 is 4.74 Å². The standard InChI is InChI=1S/C13H10N4O3/c18-10(19)5-8-1-3-9(4-2-8)20-13-11-12(15-6-14-11)16-7-17-13/h1-4,6-7H,5H2,(H,18,19)(H,14,15,16,17). The summed E-state index contributed by atoms with van der Waals surface area (Å²) in [7, 11) is 0. The molecular weight excluding hydrogens is 260 g/mol. The molecule has 3 aromatic rings. The van der Waals surface area contributed by atoms with Gasteiger partial charge in [0.25, 0.3) is 0 Å². The van der Waals surface area contributed by atoms with E-state index in [-0.39, 0.29) is 6.42 Å². The average Bonchev–Trinajstić information content (AvgIpc) is 2.90. The monoisotopic (exact) mass is 270 g/mol. The molecule has 7 heteroatoms. The summed E-state index contributed by atoms with van der Waals surface area (Å²) < 4.78 is 5.64. The topological polar surface area (TPSA) is 101 Å². The van der Waals surface area contributed by atoms with E-state index < -0.39 is 5.97 Å². The Balaban J connectivity index is 1.84. The summed E-state index contributed by atoms with van der Waals surface area (Å²) in [5.74, 6) is 0.0702. The summed E-state index contributed by atoms with van der Waals surface area (Å²) in [4.78, 5) is 25.6. The molecule has 0 aliphatic heterocycles. The van der Waals surface area contributed by atoms with Crippen molar-refractivity contribution in [2.45, 2.75) is 6.42 Å². The predicted molar refractivity (Wildman–Crippen MR) is 69.5 cm³/mol. The van der Waals surface area contributed by atoms with E-state index in [9.17, 15) is 4.79 Å². The van der Waals surface area contributed by atoms with Gasteiger partial charge in [-0.3, -0.25) is 4.79 Å². The smallest absolute Gasteiger partial charge is 0.307 e. The van der Waals surface area contributed by atoms with Crippen molar-refractivity contribution in [3.8, 4) is 11.6 Å². The number of rotatable bonds is 4. The number of carboxylic acid groups (broad SMARTS) is 1. The van der Waals surface area contributed by atoms with Crippen LogP contribution in [0.1, 0.15) is 5.56 Å². The maximum Gasteiger partial charge on any atom is 0.307 e. The van der Waals surface area contributed by atoms with Gasteiger partial charge >= 0.3 is 5.97 Å².